The Hall–Kier alpha value is -2.32. The lowest BCUT2D eigenvalue weighted by molar-refractivity contribution is 0.0953. The summed E-state index contributed by atoms with van der Waals surface area (Å²) in [5.41, 5.74) is 3.05. The van der Waals surface area contributed by atoms with Gasteiger partial charge in [-0.1, -0.05) is 16.9 Å². The molecule has 0 bridgehead atoms. The highest BCUT2D eigenvalue weighted by Gasteiger charge is 2.22. The standard InChI is InChI=1S/C20H24N4O3S/c1-13-18(14(2)27-23-13)12-28-20-22-21-19(15-6-8-16(25-3)9-7-15)24(20)11-17-5-4-10-26-17/h6-9,17H,4-5,10-12H2,1-3H3/t17-/m1/s1. The van der Waals surface area contributed by atoms with Gasteiger partial charge in [0.05, 0.1) is 25.5 Å². The summed E-state index contributed by atoms with van der Waals surface area (Å²) in [6, 6.07) is 7.91. The number of aromatic nitrogens is 4. The van der Waals surface area contributed by atoms with Gasteiger partial charge in [0.15, 0.2) is 11.0 Å². The van der Waals surface area contributed by atoms with Crippen LogP contribution >= 0.6 is 11.8 Å². The minimum Gasteiger partial charge on any atom is -0.497 e. The number of methoxy groups -OCH3 is 1. The molecule has 0 N–H and O–H groups in total. The van der Waals surface area contributed by atoms with E-state index in [2.05, 4.69) is 19.9 Å². The fourth-order valence-corrected chi connectivity index (χ4v) is 4.45. The summed E-state index contributed by atoms with van der Waals surface area (Å²) < 4.78 is 18.6. The Labute approximate surface area is 168 Å². The first kappa shape index (κ1) is 19.0. The maximum absolute atomic E-state index is 5.87. The summed E-state index contributed by atoms with van der Waals surface area (Å²) in [6.07, 6.45) is 2.37. The number of hydrogen-bond acceptors (Lipinski definition) is 7. The third-order valence-corrected chi connectivity index (χ3v) is 6.00. The van der Waals surface area contributed by atoms with E-state index in [0.29, 0.717) is 0 Å². The Morgan fingerprint density at radius 1 is 1.21 bits per heavy atom. The van der Waals surface area contributed by atoms with E-state index in [0.717, 1.165) is 71.1 Å². The number of hydrogen-bond donors (Lipinski definition) is 0. The van der Waals surface area contributed by atoms with Crippen LogP contribution in [0.25, 0.3) is 11.4 Å². The van der Waals surface area contributed by atoms with Crippen molar-refractivity contribution < 1.29 is 14.0 Å². The van der Waals surface area contributed by atoms with Crippen molar-refractivity contribution in [3.8, 4) is 17.1 Å². The van der Waals surface area contributed by atoms with Gasteiger partial charge < -0.3 is 14.0 Å². The van der Waals surface area contributed by atoms with Crippen molar-refractivity contribution in [2.24, 2.45) is 0 Å². The molecule has 0 spiro atoms. The second-order valence-corrected chi connectivity index (χ2v) is 7.81. The lowest BCUT2D eigenvalue weighted by Crippen LogP contribution is -2.16. The van der Waals surface area contributed by atoms with Gasteiger partial charge >= 0.3 is 0 Å². The molecular weight excluding hydrogens is 376 g/mol. The van der Waals surface area contributed by atoms with Gasteiger partial charge in [0.1, 0.15) is 11.5 Å². The lowest BCUT2D eigenvalue weighted by Gasteiger charge is -2.15. The smallest absolute Gasteiger partial charge is 0.191 e. The highest BCUT2D eigenvalue weighted by atomic mass is 32.2. The molecule has 3 heterocycles. The number of benzene rings is 1. The maximum Gasteiger partial charge on any atom is 0.191 e. The van der Waals surface area contributed by atoms with Crippen LogP contribution in [0.2, 0.25) is 0 Å². The van der Waals surface area contributed by atoms with Crippen molar-refractivity contribution in [1.29, 1.82) is 0 Å². The van der Waals surface area contributed by atoms with Crippen LogP contribution in [0.4, 0.5) is 0 Å². The molecule has 0 amide bonds. The molecule has 1 aliphatic heterocycles. The van der Waals surface area contributed by atoms with Crippen molar-refractivity contribution >= 4 is 11.8 Å². The maximum atomic E-state index is 5.87. The zero-order valence-corrected chi connectivity index (χ0v) is 17.2. The molecule has 1 aliphatic rings. The van der Waals surface area contributed by atoms with E-state index in [1.54, 1.807) is 18.9 Å². The fraction of sp³-hybridized carbons (Fsp3) is 0.450. The third kappa shape index (κ3) is 3.93. The third-order valence-electron chi connectivity index (χ3n) is 5.00. The molecule has 1 aromatic carbocycles. The molecule has 0 unspecified atom stereocenters. The predicted octanol–water partition coefficient (Wildman–Crippen LogP) is 4.03. The van der Waals surface area contributed by atoms with Crippen LogP contribution in [0.5, 0.6) is 5.75 Å². The molecule has 2 aromatic heterocycles. The van der Waals surface area contributed by atoms with E-state index < -0.39 is 0 Å². The van der Waals surface area contributed by atoms with E-state index in [-0.39, 0.29) is 6.10 Å². The largest absolute Gasteiger partial charge is 0.497 e. The zero-order chi connectivity index (χ0) is 19.5. The minimum absolute atomic E-state index is 0.200. The van der Waals surface area contributed by atoms with Gasteiger partial charge in [-0.2, -0.15) is 0 Å². The van der Waals surface area contributed by atoms with Crippen LogP contribution in [-0.2, 0) is 17.0 Å². The van der Waals surface area contributed by atoms with Crippen LogP contribution in [0.15, 0.2) is 33.9 Å². The highest BCUT2D eigenvalue weighted by molar-refractivity contribution is 7.98. The first-order chi connectivity index (χ1) is 13.7. The molecule has 7 nitrogen and oxygen atoms in total. The van der Waals surface area contributed by atoms with Crippen LogP contribution in [0.1, 0.15) is 29.9 Å². The number of nitrogens with zero attached hydrogens (tertiary/aromatic N) is 4. The molecule has 0 saturated carbocycles. The summed E-state index contributed by atoms with van der Waals surface area (Å²) in [6.45, 7) is 5.48. The zero-order valence-electron chi connectivity index (χ0n) is 16.3. The molecule has 4 rings (SSSR count). The Balaban J connectivity index is 1.62. The summed E-state index contributed by atoms with van der Waals surface area (Å²) in [5, 5.41) is 13.9. The molecule has 0 radical (unpaired) electrons. The van der Waals surface area contributed by atoms with Crippen LogP contribution in [0.3, 0.4) is 0 Å². The van der Waals surface area contributed by atoms with Crippen LogP contribution in [-0.4, -0.2) is 39.7 Å². The normalized spacial score (nSPS) is 16.6. The van der Waals surface area contributed by atoms with Crippen molar-refractivity contribution in [1.82, 2.24) is 19.9 Å². The highest BCUT2D eigenvalue weighted by Crippen LogP contribution is 2.30. The van der Waals surface area contributed by atoms with E-state index in [1.165, 1.54) is 0 Å². The molecule has 1 atom stereocenters. The van der Waals surface area contributed by atoms with Crippen molar-refractivity contribution in [2.45, 2.75) is 50.2 Å². The Bertz CT molecular complexity index is 910. The van der Waals surface area contributed by atoms with Crippen molar-refractivity contribution in [2.75, 3.05) is 13.7 Å². The second kappa shape index (κ2) is 8.36. The average Bonchev–Trinajstić information content (AvgIpc) is 3.43. The van der Waals surface area contributed by atoms with Crippen molar-refractivity contribution in [3.05, 3.63) is 41.3 Å². The SMILES string of the molecule is COc1ccc(-c2nnc(SCc3c(C)noc3C)n2C[C@H]2CCCO2)cc1. The van der Waals surface area contributed by atoms with Gasteiger partial charge in [-0.15, -0.1) is 10.2 Å². The Kier molecular flexibility index (Phi) is 5.68. The number of thioether (sulfide) groups is 1. The molecule has 28 heavy (non-hydrogen) atoms. The van der Waals surface area contributed by atoms with Gasteiger partial charge in [0.25, 0.3) is 0 Å². The number of aryl methyl sites for hydroxylation is 2. The lowest BCUT2D eigenvalue weighted by atomic mass is 10.2. The quantitative estimate of drug-likeness (QED) is 0.554. The fourth-order valence-electron chi connectivity index (χ4n) is 3.35. The molecule has 8 heteroatoms. The first-order valence-electron chi connectivity index (χ1n) is 9.39. The topological polar surface area (TPSA) is 75.2 Å². The Morgan fingerprint density at radius 3 is 2.68 bits per heavy atom. The molecule has 1 fully saturated rings. The molecule has 3 aromatic rings. The van der Waals surface area contributed by atoms with E-state index in [9.17, 15) is 0 Å². The monoisotopic (exact) mass is 400 g/mol. The number of rotatable bonds is 7. The first-order valence-corrected chi connectivity index (χ1v) is 10.4. The average molecular weight is 401 g/mol. The van der Waals surface area contributed by atoms with Crippen LogP contribution < -0.4 is 4.74 Å². The summed E-state index contributed by atoms with van der Waals surface area (Å²) in [5.74, 6) is 3.26. The molecular formula is C20H24N4O3S. The molecule has 0 aliphatic carbocycles. The van der Waals surface area contributed by atoms with Gasteiger partial charge in [-0.05, 0) is 51.0 Å². The van der Waals surface area contributed by atoms with E-state index in [1.807, 2.05) is 38.1 Å². The molecule has 1 saturated heterocycles. The summed E-state index contributed by atoms with van der Waals surface area (Å²) in [7, 11) is 1.67. The summed E-state index contributed by atoms with van der Waals surface area (Å²) >= 11 is 1.65. The van der Waals surface area contributed by atoms with Gasteiger partial charge in [0, 0.05) is 23.5 Å². The van der Waals surface area contributed by atoms with Crippen LogP contribution in [0, 0.1) is 13.8 Å². The van der Waals surface area contributed by atoms with Gasteiger partial charge in [-0.25, -0.2) is 0 Å². The van der Waals surface area contributed by atoms with E-state index >= 15 is 0 Å². The molecule has 148 valence electrons. The minimum atomic E-state index is 0.200. The number of ether oxygens (including phenoxy) is 2. The van der Waals surface area contributed by atoms with Crippen molar-refractivity contribution in [3.63, 3.8) is 0 Å². The van der Waals surface area contributed by atoms with E-state index in [4.69, 9.17) is 14.0 Å². The summed E-state index contributed by atoms with van der Waals surface area (Å²) in [4.78, 5) is 0. The predicted molar refractivity (Wildman–Crippen MR) is 107 cm³/mol. The van der Waals surface area contributed by atoms with Gasteiger partial charge in [-0.3, -0.25) is 4.57 Å². The second-order valence-electron chi connectivity index (χ2n) is 6.87. The van der Waals surface area contributed by atoms with Gasteiger partial charge in [0.2, 0.25) is 0 Å². The Morgan fingerprint density at radius 2 is 2.04 bits per heavy atom.